The minimum atomic E-state index is -0.868. The Bertz CT molecular complexity index is 772. The van der Waals surface area contributed by atoms with Crippen LogP contribution in [0.1, 0.15) is 85.0 Å². The van der Waals surface area contributed by atoms with Crippen LogP contribution in [0, 0.1) is 11.8 Å². The Kier molecular flexibility index (Phi) is 9.41. The molecule has 0 radical (unpaired) electrons. The first-order chi connectivity index (χ1) is 16.5. The molecule has 0 aromatic rings. The van der Waals surface area contributed by atoms with E-state index in [0.29, 0.717) is 45.1 Å². The molecular formula is C26H43N3O6. The molecule has 2 unspecified atom stereocenters. The van der Waals surface area contributed by atoms with Crippen LogP contribution in [0.3, 0.4) is 0 Å². The van der Waals surface area contributed by atoms with Crippen LogP contribution < -0.4 is 0 Å². The van der Waals surface area contributed by atoms with Gasteiger partial charge >= 0.3 is 12.1 Å². The zero-order chi connectivity index (χ0) is 25.6. The van der Waals surface area contributed by atoms with E-state index < -0.39 is 11.6 Å². The lowest BCUT2D eigenvalue weighted by molar-refractivity contribution is -0.146. The molecule has 0 saturated carbocycles. The number of hydrogen-bond acceptors (Lipinski definition) is 5. The van der Waals surface area contributed by atoms with E-state index in [1.807, 2.05) is 25.7 Å². The number of carbonyl (C=O) groups is 4. The highest BCUT2D eigenvalue weighted by Crippen LogP contribution is 2.27. The number of amides is 3. The van der Waals surface area contributed by atoms with Crippen LogP contribution in [-0.4, -0.2) is 88.0 Å². The Morgan fingerprint density at radius 3 is 2.26 bits per heavy atom. The lowest BCUT2D eigenvalue weighted by atomic mass is 9.90. The summed E-state index contributed by atoms with van der Waals surface area (Å²) in [6.45, 7) is 8.63. The van der Waals surface area contributed by atoms with Crippen molar-refractivity contribution in [3.8, 4) is 0 Å². The first kappa shape index (κ1) is 27.3. The molecule has 2 atom stereocenters. The van der Waals surface area contributed by atoms with E-state index in [0.717, 1.165) is 51.4 Å². The molecule has 0 bridgehead atoms. The summed E-state index contributed by atoms with van der Waals surface area (Å²) < 4.78 is 5.45. The predicted octanol–water partition coefficient (Wildman–Crippen LogP) is 3.51. The molecule has 9 nitrogen and oxygen atoms in total. The van der Waals surface area contributed by atoms with Gasteiger partial charge in [0.05, 0.1) is 12.3 Å². The fraction of sp³-hybridized carbons (Fsp3) is 0.846. The van der Waals surface area contributed by atoms with Gasteiger partial charge in [-0.25, -0.2) is 4.79 Å². The van der Waals surface area contributed by atoms with Gasteiger partial charge in [-0.05, 0) is 78.1 Å². The summed E-state index contributed by atoms with van der Waals surface area (Å²) in [6.07, 6.45) is 6.87. The predicted molar refractivity (Wildman–Crippen MR) is 131 cm³/mol. The quantitative estimate of drug-likeness (QED) is 0.607. The van der Waals surface area contributed by atoms with E-state index in [1.165, 1.54) is 0 Å². The summed E-state index contributed by atoms with van der Waals surface area (Å²) in [5.74, 6) is -0.586. The molecule has 9 heteroatoms. The molecule has 3 aliphatic rings. The molecule has 3 amide bonds. The average Bonchev–Trinajstić information content (AvgIpc) is 2.81. The van der Waals surface area contributed by atoms with Gasteiger partial charge in [-0.2, -0.15) is 0 Å². The Hall–Kier alpha value is -2.32. The van der Waals surface area contributed by atoms with Crippen LogP contribution in [0.2, 0.25) is 0 Å². The summed E-state index contributed by atoms with van der Waals surface area (Å²) in [5, 5.41) is 9.23. The maximum atomic E-state index is 13.2. The zero-order valence-electron chi connectivity index (χ0n) is 21.7. The van der Waals surface area contributed by atoms with Gasteiger partial charge in [0, 0.05) is 45.2 Å². The fourth-order valence-electron chi connectivity index (χ4n) is 5.56. The lowest BCUT2D eigenvalue weighted by Gasteiger charge is -2.40. The monoisotopic (exact) mass is 493 g/mol. The third kappa shape index (κ3) is 8.10. The van der Waals surface area contributed by atoms with Gasteiger partial charge in [0.25, 0.3) is 0 Å². The molecule has 198 valence electrons. The minimum absolute atomic E-state index is 0.00610. The van der Waals surface area contributed by atoms with Gasteiger partial charge in [0.2, 0.25) is 11.8 Å². The van der Waals surface area contributed by atoms with Gasteiger partial charge in [-0.15, -0.1) is 0 Å². The third-order valence-corrected chi connectivity index (χ3v) is 7.48. The van der Waals surface area contributed by atoms with Gasteiger partial charge in [0.15, 0.2) is 0 Å². The fourth-order valence-corrected chi connectivity index (χ4v) is 5.56. The molecule has 3 aliphatic heterocycles. The smallest absolute Gasteiger partial charge is 0.410 e. The van der Waals surface area contributed by atoms with Crippen molar-refractivity contribution in [1.82, 2.24) is 14.7 Å². The average molecular weight is 494 g/mol. The van der Waals surface area contributed by atoms with Crippen molar-refractivity contribution in [2.75, 3.05) is 32.7 Å². The molecular weight excluding hydrogens is 450 g/mol. The molecule has 3 rings (SSSR count). The standard InChI is InChI=1S/C26H43N3O6/c1-26(2,3)35-25(34)27-15-11-19(12-16-27)9-10-22(30)28-13-6-7-20(18-28)24(33)29-14-5-4-8-21(29)17-23(31)32/h19-21H,4-18H2,1-3H3,(H,31,32). The molecule has 1 N–H and O–H groups in total. The van der Waals surface area contributed by atoms with Crippen molar-refractivity contribution in [2.24, 2.45) is 11.8 Å². The van der Waals surface area contributed by atoms with Crippen LogP contribution in [-0.2, 0) is 19.1 Å². The van der Waals surface area contributed by atoms with Crippen LogP contribution in [0.4, 0.5) is 4.79 Å². The molecule has 3 heterocycles. The highest BCUT2D eigenvalue weighted by atomic mass is 16.6. The highest BCUT2D eigenvalue weighted by molar-refractivity contribution is 5.82. The largest absolute Gasteiger partial charge is 0.481 e. The Labute approximate surface area is 209 Å². The Morgan fingerprint density at radius 1 is 0.886 bits per heavy atom. The number of piperidine rings is 3. The number of nitrogens with zero attached hydrogens (tertiary/aromatic N) is 3. The van der Waals surface area contributed by atoms with Crippen LogP contribution in [0.15, 0.2) is 0 Å². The van der Waals surface area contributed by atoms with Crippen molar-refractivity contribution in [2.45, 2.75) is 96.6 Å². The van der Waals surface area contributed by atoms with Crippen molar-refractivity contribution < 1.29 is 29.0 Å². The van der Waals surface area contributed by atoms with Gasteiger partial charge in [-0.3, -0.25) is 14.4 Å². The zero-order valence-corrected chi connectivity index (χ0v) is 21.7. The molecule has 0 spiro atoms. The van der Waals surface area contributed by atoms with Crippen LogP contribution >= 0.6 is 0 Å². The lowest BCUT2D eigenvalue weighted by Crippen LogP contribution is -2.51. The number of likely N-dealkylation sites (tertiary alicyclic amines) is 3. The van der Waals surface area contributed by atoms with Crippen LogP contribution in [0.5, 0.6) is 0 Å². The number of carboxylic acids is 1. The number of carboxylic acid groups (broad SMARTS) is 1. The summed E-state index contributed by atoms with van der Waals surface area (Å²) in [4.78, 5) is 55.1. The van der Waals surface area contributed by atoms with Crippen molar-refractivity contribution in [3.63, 3.8) is 0 Å². The molecule has 0 aromatic carbocycles. The SMILES string of the molecule is CC(C)(C)OC(=O)N1CCC(CCC(=O)N2CCCC(C(=O)N3CCCCC3CC(=O)O)C2)CC1. The number of aliphatic carboxylic acids is 1. The van der Waals surface area contributed by atoms with Crippen molar-refractivity contribution in [3.05, 3.63) is 0 Å². The first-order valence-electron chi connectivity index (χ1n) is 13.3. The number of rotatable bonds is 6. The van der Waals surface area contributed by atoms with Crippen molar-refractivity contribution >= 4 is 23.9 Å². The normalized spacial score (nSPS) is 24.3. The molecule has 3 saturated heterocycles. The Morgan fingerprint density at radius 2 is 1.60 bits per heavy atom. The van der Waals surface area contributed by atoms with Crippen molar-refractivity contribution in [1.29, 1.82) is 0 Å². The number of ether oxygens (including phenoxy) is 1. The van der Waals surface area contributed by atoms with E-state index in [-0.39, 0.29) is 36.3 Å². The van der Waals surface area contributed by atoms with Gasteiger partial charge < -0.3 is 24.5 Å². The van der Waals surface area contributed by atoms with E-state index in [1.54, 1.807) is 9.80 Å². The topological polar surface area (TPSA) is 107 Å². The summed E-state index contributed by atoms with van der Waals surface area (Å²) in [7, 11) is 0. The molecule has 3 fully saturated rings. The summed E-state index contributed by atoms with van der Waals surface area (Å²) in [5.41, 5.74) is -0.501. The number of hydrogen-bond donors (Lipinski definition) is 1. The third-order valence-electron chi connectivity index (χ3n) is 7.48. The number of carbonyl (C=O) groups excluding carboxylic acids is 3. The molecule has 35 heavy (non-hydrogen) atoms. The second-order valence-electron chi connectivity index (χ2n) is 11.4. The summed E-state index contributed by atoms with van der Waals surface area (Å²) in [6, 6.07) is -0.230. The van der Waals surface area contributed by atoms with E-state index in [4.69, 9.17) is 4.74 Å². The van der Waals surface area contributed by atoms with Gasteiger partial charge in [0.1, 0.15) is 5.60 Å². The van der Waals surface area contributed by atoms with E-state index in [2.05, 4.69) is 0 Å². The maximum Gasteiger partial charge on any atom is 0.410 e. The summed E-state index contributed by atoms with van der Waals surface area (Å²) >= 11 is 0. The second kappa shape index (κ2) is 12.1. The van der Waals surface area contributed by atoms with Gasteiger partial charge in [-0.1, -0.05) is 0 Å². The van der Waals surface area contributed by atoms with E-state index in [9.17, 15) is 24.3 Å². The second-order valence-corrected chi connectivity index (χ2v) is 11.4. The Balaban J connectivity index is 1.44. The minimum Gasteiger partial charge on any atom is -0.481 e. The highest BCUT2D eigenvalue weighted by Gasteiger charge is 2.36. The van der Waals surface area contributed by atoms with Crippen LogP contribution in [0.25, 0.3) is 0 Å². The first-order valence-corrected chi connectivity index (χ1v) is 13.3. The molecule has 0 aromatic heterocycles. The maximum absolute atomic E-state index is 13.2. The molecule has 0 aliphatic carbocycles. The van der Waals surface area contributed by atoms with E-state index >= 15 is 0 Å².